The Kier molecular flexibility index (Phi) is 9.57. The molecule has 0 atom stereocenters. The fraction of sp³-hybridized carbons (Fsp3) is 0.548. The molecule has 10 nitrogen and oxygen atoms in total. The van der Waals surface area contributed by atoms with Crippen LogP contribution in [0.3, 0.4) is 0 Å². The first kappa shape index (κ1) is 31.2. The fourth-order valence-electron chi connectivity index (χ4n) is 4.96. The average molecular weight is 622 g/mol. The van der Waals surface area contributed by atoms with Gasteiger partial charge in [-0.25, -0.2) is 4.98 Å². The molecule has 0 amide bonds. The normalized spacial score (nSPS) is 14.5. The summed E-state index contributed by atoms with van der Waals surface area (Å²) < 4.78 is 13.4. The summed E-state index contributed by atoms with van der Waals surface area (Å²) in [6.45, 7) is 14.2. The summed E-state index contributed by atoms with van der Waals surface area (Å²) in [7, 11) is -1.22. The largest absolute Gasteiger partial charge is 0.460 e. The van der Waals surface area contributed by atoms with Crippen molar-refractivity contribution in [2.45, 2.75) is 96.6 Å². The van der Waals surface area contributed by atoms with Gasteiger partial charge in [0, 0.05) is 44.1 Å². The van der Waals surface area contributed by atoms with Crippen molar-refractivity contribution in [2.75, 3.05) is 18.2 Å². The van der Waals surface area contributed by atoms with E-state index in [4.69, 9.17) is 14.5 Å². The topological polar surface area (TPSA) is 108 Å². The number of hydrogen-bond donors (Lipinski definition) is 0. The summed E-state index contributed by atoms with van der Waals surface area (Å²) in [5, 5.41) is 15.5. The summed E-state index contributed by atoms with van der Waals surface area (Å²) in [5.41, 5.74) is 2.87. The molecule has 1 aliphatic carbocycles. The highest BCUT2D eigenvalue weighted by atomic mass is 32.1. The van der Waals surface area contributed by atoms with Crippen molar-refractivity contribution in [3.8, 4) is 11.1 Å². The highest BCUT2D eigenvalue weighted by Crippen LogP contribution is 2.38. The van der Waals surface area contributed by atoms with Crippen LogP contribution in [0, 0.1) is 0 Å². The van der Waals surface area contributed by atoms with E-state index in [0.29, 0.717) is 25.8 Å². The summed E-state index contributed by atoms with van der Waals surface area (Å²) >= 11 is 1.65. The van der Waals surface area contributed by atoms with E-state index in [1.165, 1.54) is 25.7 Å². The number of pyridine rings is 2. The quantitative estimate of drug-likeness (QED) is 0.0703. The van der Waals surface area contributed by atoms with Crippen LogP contribution in [0.5, 0.6) is 0 Å². The van der Waals surface area contributed by atoms with E-state index in [0.717, 1.165) is 44.2 Å². The fourth-order valence-corrected chi connectivity index (χ4v) is 6.73. The number of carbonyl (C=O) groups excluding carboxylic acids is 1. The molecule has 0 bridgehead atoms. The molecular weight excluding hydrogens is 579 g/mol. The lowest BCUT2D eigenvalue weighted by Crippen LogP contribution is -2.26. The van der Waals surface area contributed by atoms with E-state index >= 15 is 0 Å². The number of esters is 1. The van der Waals surface area contributed by atoms with Crippen molar-refractivity contribution in [3.63, 3.8) is 0 Å². The Labute approximate surface area is 258 Å². The molecule has 4 heterocycles. The van der Waals surface area contributed by atoms with Gasteiger partial charge in [0.1, 0.15) is 23.2 Å². The molecule has 0 radical (unpaired) electrons. The zero-order valence-electron chi connectivity index (χ0n) is 26.2. The monoisotopic (exact) mass is 621 g/mol. The number of rotatable bonds is 12. The predicted octanol–water partition coefficient (Wildman–Crippen LogP) is 7.18. The number of anilines is 2. The number of aromatic nitrogens is 6. The molecule has 0 saturated heterocycles. The van der Waals surface area contributed by atoms with Crippen LogP contribution in [0.25, 0.3) is 22.2 Å². The van der Waals surface area contributed by atoms with Gasteiger partial charge in [0.25, 0.3) is 0 Å². The third-order valence-electron chi connectivity index (χ3n) is 7.31. The second-order valence-corrected chi connectivity index (χ2v) is 20.0. The molecule has 4 aromatic rings. The van der Waals surface area contributed by atoms with Crippen LogP contribution < -0.4 is 4.90 Å². The number of ether oxygens (including phenoxy) is 2. The van der Waals surface area contributed by atoms with E-state index in [1.807, 2.05) is 56.3 Å². The average Bonchev–Trinajstić information content (AvgIpc) is 3.72. The van der Waals surface area contributed by atoms with Gasteiger partial charge in [-0.15, -0.1) is 10.2 Å². The molecule has 0 spiro atoms. The summed E-state index contributed by atoms with van der Waals surface area (Å²) in [4.78, 5) is 23.9. The van der Waals surface area contributed by atoms with Crippen molar-refractivity contribution >= 4 is 47.4 Å². The smallest absolute Gasteiger partial charge is 0.308 e. The first-order valence-corrected chi connectivity index (χ1v) is 19.7. The lowest BCUT2D eigenvalue weighted by molar-refractivity contribution is -0.155. The van der Waals surface area contributed by atoms with Crippen LogP contribution in [0.15, 0.2) is 36.8 Å². The molecule has 230 valence electrons. The lowest BCUT2D eigenvalue weighted by Gasteiger charge is -2.22. The van der Waals surface area contributed by atoms with E-state index < -0.39 is 13.7 Å². The molecule has 1 aliphatic rings. The Bertz CT molecular complexity index is 1540. The minimum Gasteiger partial charge on any atom is -0.460 e. The van der Waals surface area contributed by atoms with Crippen LogP contribution in [0.2, 0.25) is 25.7 Å². The van der Waals surface area contributed by atoms with E-state index in [-0.39, 0.29) is 12.4 Å². The third-order valence-corrected chi connectivity index (χ3v) is 10.1. The summed E-state index contributed by atoms with van der Waals surface area (Å²) in [6.07, 6.45) is 10.7. The third kappa shape index (κ3) is 8.67. The molecule has 12 heteroatoms. The highest BCUT2D eigenvalue weighted by Gasteiger charge is 2.24. The van der Waals surface area contributed by atoms with Crippen LogP contribution in [-0.2, 0) is 20.8 Å². The highest BCUT2D eigenvalue weighted by molar-refractivity contribution is 7.15. The van der Waals surface area contributed by atoms with Crippen molar-refractivity contribution in [1.82, 2.24) is 29.9 Å². The SMILES string of the molecule is CC(C)(C)OC(=O)CCn1cc(-c2cnc3ccc(N(COCC[Si](C)(C)C)c4nnc(C5CCCC5)s4)nc3c2)cn1. The standard InChI is InChI=1S/C31H43N7O3SSi/c1-31(2,3)41-28(39)13-14-37-20-24(19-33-37)23-17-26-25(32-18-23)11-12-27(34-26)38(21-40-15-16-43(4,5)6)30-36-35-29(42-30)22-9-7-8-10-22/h11-12,17-20,22H,7-10,13-16,21H2,1-6H3. The molecule has 5 rings (SSSR count). The Hall–Kier alpha value is -3.22. The van der Waals surface area contributed by atoms with Gasteiger partial charge in [0.15, 0.2) is 0 Å². The zero-order valence-corrected chi connectivity index (χ0v) is 28.0. The molecule has 0 unspecified atom stereocenters. The van der Waals surface area contributed by atoms with Gasteiger partial charge in [-0.2, -0.15) is 5.10 Å². The van der Waals surface area contributed by atoms with Gasteiger partial charge in [-0.1, -0.05) is 43.8 Å². The van der Waals surface area contributed by atoms with Crippen molar-refractivity contribution in [3.05, 3.63) is 41.8 Å². The molecule has 0 aromatic carbocycles. The number of nitrogens with zero attached hydrogens (tertiary/aromatic N) is 7. The Morgan fingerprint density at radius 3 is 2.63 bits per heavy atom. The first-order valence-electron chi connectivity index (χ1n) is 15.1. The van der Waals surface area contributed by atoms with Crippen LogP contribution in [0.4, 0.5) is 10.9 Å². The second-order valence-electron chi connectivity index (χ2n) is 13.4. The van der Waals surface area contributed by atoms with E-state index in [2.05, 4.69) is 39.9 Å². The predicted molar refractivity (Wildman–Crippen MR) is 173 cm³/mol. The van der Waals surface area contributed by atoms with Crippen LogP contribution in [0.1, 0.15) is 63.8 Å². The molecular formula is C31H43N7O3SSi. The summed E-state index contributed by atoms with van der Waals surface area (Å²) in [5.74, 6) is 1.01. The number of aryl methyl sites for hydroxylation is 1. The van der Waals surface area contributed by atoms with Crippen LogP contribution >= 0.6 is 11.3 Å². The van der Waals surface area contributed by atoms with Gasteiger partial charge < -0.3 is 9.47 Å². The van der Waals surface area contributed by atoms with E-state index in [1.54, 1.807) is 22.2 Å². The van der Waals surface area contributed by atoms with Gasteiger partial charge >= 0.3 is 5.97 Å². The molecule has 0 N–H and O–H groups in total. The van der Waals surface area contributed by atoms with Gasteiger partial charge in [-0.05, 0) is 57.9 Å². The second kappa shape index (κ2) is 13.2. The maximum Gasteiger partial charge on any atom is 0.308 e. The molecule has 4 aromatic heterocycles. The number of carbonyl (C=O) groups is 1. The molecule has 1 saturated carbocycles. The lowest BCUT2D eigenvalue weighted by atomic mass is 10.1. The first-order chi connectivity index (χ1) is 20.4. The van der Waals surface area contributed by atoms with Crippen LogP contribution in [-0.4, -0.2) is 62.9 Å². The summed E-state index contributed by atoms with van der Waals surface area (Å²) in [6, 6.07) is 7.07. The molecule has 43 heavy (non-hydrogen) atoms. The minimum atomic E-state index is -1.22. The number of fused-ring (bicyclic) bond motifs is 1. The Morgan fingerprint density at radius 2 is 1.88 bits per heavy atom. The molecule has 1 fully saturated rings. The maximum absolute atomic E-state index is 12.1. The minimum absolute atomic E-state index is 0.242. The van der Waals surface area contributed by atoms with Crippen molar-refractivity contribution in [1.29, 1.82) is 0 Å². The Morgan fingerprint density at radius 1 is 1.09 bits per heavy atom. The Balaban J connectivity index is 1.35. The van der Waals surface area contributed by atoms with Gasteiger partial charge in [0.2, 0.25) is 5.13 Å². The number of hydrogen-bond acceptors (Lipinski definition) is 10. The zero-order chi connectivity index (χ0) is 30.6. The van der Waals surface area contributed by atoms with Gasteiger partial charge in [-0.3, -0.25) is 19.4 Å². The van der Waals surface area contributed by atoms with Gasteiger partial charge in [0.05, 0.1) is 30.2 Å². The van der Waals surface area contributed by atoms with Crippen molar-refractivity contribution < 1.29 is 14.3 Å². The van der Waals surface area contributed by atoms with E-state index in [9.17, 15) is 4.79 Å². The molecule has 0 aliphatic heterocycles. The maximum atomic E-state index is 12.1. The van der Waals surface area contributed by atoms with Crippen molar-refractivity contribution in [2.24, 2.45) is 0 Å².